The largest absolute Gasteiger partial charge is 0.494 e. The summed E-state index contributed by atoms with van der Waals surface area (Å²) in [6.07, 6.45) is 1.96. The van der Waals surface area contributed by atoms with Gasteiger partial charge in [-0.3, -0.25) is 4.99 Å². The number of aliphatic imine (C=N–C) groups is 1. The standard InChI is InChI=1S/C24H33N3O4/c1-6-30-21-13-18-11-16(2)31-22(18)14-19(21)15-27-24(25-3)26-10-9-17-7-8-20(28-4)23(12-17)29-5/h7-8,12-14,16H,6,9-11,15H2,1-5H3,(H2,25,26,27). The smallest absolute Gasteiger partial charge is 0.191 e. The summed E-state index contributed by atoms with van der Waals surface area (Å²) in [5.74, 6) is 4.04. The van der Waals surface area contributed by atoms with Crippen molar-refractivity contribution >= 4 is 5.96 Å². The van der Waals surface area contributed by atoms with Gasteiger partial charge in [0.2, 0.25) is 0 Å². The van der Waals surface area contributed by atoms with Crippen LogP contribution in [0.1, 0.15) is 30.5 Å². The molecule has 0 spiro atoms. The predicted octanol–water partition coefficient (Wildman–Crippen LogP) is 3.33. The molecular weight excluding hydrogens is 394 g/mol. The average molecular weight is 428 g/mol. The number of methoxy groups -OCH3 is 2. The maximum Gasteiger partial charge on any atom is 0.191 e. The summed E-state index contributed by atoms with van der Waals surface area (Å²) in [5.41, 5.74) is 3.42. The highest BCUT2D eigenvalue weighted by Crippen LogP contribution is 2.35. The maximum absolute atomic E-state index is 5.91. The van der Waals surface area contributed by atoms with Crippen LogP contribution in [-0.4, -0.2) is 46.5 Å². The quantitative estimate of drug-likeness (QED) is 0.472. The fraction of sp³-hybridized carbons (Fsp3) is 0.458. The number of nitrogens with one attached hydrogen (secondary N) is 2. The van der Waals surface area contributed by atoms with Gasteiger partial charge in [0.15, 0.2) is 17.5 Å². The summed E-state index contributed by atoms with van der Waals surface area (Å²) in [7, 11) is 5.05. The van der Waals surface area contributed by atoms with Gasteiger partial charge >= 0.3 is 0 Å². The minimum atomic E-state index is 0.207. The number of hydrogen-bond donors (Lipinski definition) is 2. The van der Waals surface area contributed by atoms with Gasteiger partial charge in [-0.05, 0) is 50.1 Å². The lowest BCUT2D eigenvalue weighted by Gasteiger charge is -2.16. The molecule has 1 atom stereocenters. The summed E-state index contributed by atoms with van der Waals surface area (Å²) >= 11 is 0. The minimum Gasteiger partial charge on any atom is -0.494 e. The summed E-state index contributed by atoms with van der Waals surface area (Å²) < 4.78 is 22.5. The summed E-state index contributed by atoms with van der Waals surface area (Å²) in [4.78, 5) is 4.33. The van der Waals surface area contributed by atoms with E-state index in [0.717, 1.165) is 59.5 Å². The van der Waals surface area contributed by atoms with Crippen molar-refractivity contribution in [2.24, 2.45) is 4.99 Å². The van der Waals surface area contributed by atoms with Crippen molar-refractivity contribution in [3.05, 3.63) is 47.0 Å². The third-order valence-electron chi connectivity index (χ3n) is 5.20. The molecule has 0 aromatic heterocycles. The molecule has 7 nitrogen and oxygen atoms in total. The molecule has 31 heavy (non-hydrogen) atoms. The fourth-order valence-corrected chi connectivity index (χ4v) is 3.67. The van der Waals surface area contributed by atoms with E-state index in [1.165, 1.54) is 5.56 Å². The van der Waals surface area contributed by atoms with Crippen molar-refractivity contribution in [1.82, 2.24) is 10.6 Å². The second-order valence-corrected chi connectivity index (χ2v) is 7.43. The van der Waals surface area contributed by atoms with Crippen LogP contribution in [-0.2, 0) is 19.4 Å². The highest BCUT2D eigenvalue weighted by molar-refractivity contribution is 5.79. The van der Waals surface area contributed by atoms with Gasteiger partial charge in [0.1, 0.15) is 17.6 Å². The van der Waals surface area contributed by atoms with Gasteiger partial charge in [0, 0.05) is 37.7 Å². The number of hydrogen-bond acceptors (Lipinski definition) is 5. The maximum atomic E-state index is 5.91. The Morgan fingerprint density at radius 2 is 1.90 bits per heavy atom. The molecular formula is C24H33N3O4. The average Bonchev–Trinajstić information content (AvgIpc) is 3.14. The van der Waals surface area contributed by atoms with Crippen molar-refractivity contribution in [1.29, 1.82) is 0 Å². The third kappa shape index (κ3) is 5.75. The lowest BCUT2D eigenvalue weighted by Crippen LogP contribution is -2.37. The molecule has 7 heteroatoms. The first-order chi connectivity index (χ1) is 15.1. The summed E-state index contributed by atoms with van der Waals surface area (Å²) in [6.45, 7) is 6.04. The number of guanidine groups is 1. The molecule has 1 unspecified atom stereocenters. The van der Waals surface area contributed by atoms with E-state index >= 15 is 0 Å². The number of rotatable bonds is 9. The van der Waals surface area contributed by atoms with Gasteiger partial charge < -0.3 is 29.6 Å². The van der Waals surface area contributed by atoms with Crippen LogP contribution in [0.5, 0.6) is 23.0 Å². The minimum absolute atomic E-state index is 0.207. The van der Waals surface area contributed by atoms with Crippen LogP contribution < -0.4 is 29.6 Å². The van der Waals surface area contributed by atoms with E-state index in [0.29, 0.717) is 13.2 Å². The Bertz CT molecular complexity index is 914. The molecule has 3 rings (SSSR count). The summed E-state index contributed by atoms with van der Waals surface area (Å²) in [6, 6.07) is 10.1. The first kappa shape index (κ1) is 22.6. The highest BCUT2D eigenvalue weighted by Gasteiger charge is 2.21. The van der Waals surface area contributed by atoms with Crippen molar-refractivity contribution in [3.8, 4) is 23.0 Å². The zero-order chi connectivity index (χ0) is 22.2. The SMILES string of the molecule is CCOc1cc2c(cc1CNC(=NC)NCCc1ccc(OC)c(OC)c1)OC(C)C2. The molecule has 0 amide bonds. The molecule has 1 heterocycles. The van der Waals surface area contributed by atoms with Crippen molar-refractivity contribution in [3.63, 3.8) is 0 Å². The molecule has 0 saturated heterocycles. The third-order valence-corrected chi connectivity index (χ3v) is 5.20. The van der Waals surface area contributed by atoms with Gasteiger partial charge in [0.25, 0.3) is 0 Å². The molecule has 0 fully saturated rings. The van der Waals surface area contributed by atoms with E-state index in [2.05, 4.69) is 34.7 Å². The van der Waals surface area contributed by atoms with Crippen LogP contribution in [0.25, 0.3) is 0 Å². The van der Waals surface area contributed by atoms with Gasteiger partial charge in [-0.1, -0.05) is 6.07 Å². The van der Waals surface area contributed by atoms with E-state index in [-0.39, 0.29) is 6.10 Å². The van der Waals surface area contributed by atoms with E-state index < -0.39 is 0 Å². The Morgan fingerprint density at radius 1 is 1.10 bits per heavy atom. The summed E-state index contributed by atoms with van der Waals surface area (Å²) in [5, 5.41) is 6.73. The molecule has 0 bridgehead atoms. The topological polar surface area (TPSA) is 73.3 Å². The number of ether oxygens (including phenoxy) is 4. The zero-order valence-electron chi connectivity index (χ0n) is 19.1. The van der Waals surface area contributed by atoms with Gasteiger partial charge in [0.05, 0.1) is 20.8 Å². The lowest BCUT2D eigenvalue weighted by atomic mass is 10.1. The normalized spacial score (nSPS) is 15.1. The predicted molar refractivity (Wildman–Crippen MR) is 123 cm³/mol. The van der Waals surface area contributed by atoms with Gasteiger partial charge in [-0.25, -0.2) is 0 Å². The lowest BCUT2D eigenvalue weighted by molar-refractivity contribution is 0.254. The van der Waals surface area contributed by atoms with Crippen LogP contribution in [0.15, 0.2) is 35.3 Å². The second-order valence-electron chi connectivity index (χ2n) is 7.43. The molecule has 2 N–H and O–H groups in total. The Kier molecular flexibility index (Phi) is 7.87. The molecule has 1 aliphatic heterocycles. The monoisotopic (exact) mass is 427 g/mol. The molecule has 0 radical (unpaired) electrons. The molecule has 0 aliphatic carbocycles. The first-order valence-electron chi connectivity index (χ1n) is 10.7. The van der Waals surface area contributed by atoms with Crippen LogP contribution in [0.2, 0.25) is 0 Å². The van der Waals surface area contributed by atoms with Crippen LogP contribution in [0.4, 0.5) is 0 Å². The van der Waals surface area contributed by atoms with E-state index in [1.54, 1.807) is 21.3 Å². The molecule has 2 aromatic carbocycles. The first-order valence-corrected chi connectivity index (χ1v) is 10.7. The Balaban J connectivity index is 1.57. The number of benzene rings is 2. The second kappa shape index (κ2) is 10.8. The molecule has 168 valence electrons. The van der Waals surface area contributed by atoms with Gasteiger partial charge in [-0.15, -0.1) is 0 Å². The molecule has 0 saturated carbocycles. The van der Waals surface area contributed by atoms with Gasteiger partial charge in [-0.2, -0.15) is 0 Å². The van der Waals surface area contributed by atoms with Crippen LogP contribution in [0.3, 0.4) is 0 Å². The Labute approximate surface area is 184 Å². The zero-order valence-corrected chi connectivity index (χ0v) is 19.1. The van der Waals surface area contributed by atoms with Crippen molar-refractivity contribution in [2.75, 3.05) is 34.4 Å². The Morgan fingerprint density at radius 3 is 2.61 bits per heavy atom. The fourth-order valence-electron chi connectivity index (χ4n) is 3.67. The van der Waals surface area contributed by atoms with E-state index in [9.17, 15) is 0 Å². The Hall–Kier alpha value is -3.09. The van der Waals surface area contributed by atoms with Crippen molar-refractivity contribution < 1.29 is 18.9 Å². The highest BCUT2D eigenvalue weighted by atomic mass is 16.5. The van der Waals surface area contributed by atoms with Crippen LogP contribution in [0, 0.1) is 0 Å². The molecule has 1 aliphatic rings. The van der Waals surface area contributed by atoms with E-state index in [4.69, 9.17) is 18.9 Å². The number of fused-ring (bicyclic) bond motifs is 1. The molecule has 2 aromatic rings. The van der Waals surface area contributed by atoms with Crippen LogP contribution >= 0.6 is 0 Å². The number of nitrogens with zero attached hydrogens (tertiary/aromatic N) is 1. The van der Waals surface area contributed by atoms with Crippen molar-refractivity contribution in [2.45, 2.75) is 39.3 Å². The van der Waals surface area contributed by atoms with E-state index in [1.807, 2.05) is 25.1 Å².